The SMILES string of the molecule is CCCCCCCNS(=O)(=O)CCCCCCC[C@@H]1Cc2cc(O)ccc2[C@H]2CC[C@]3(C)[C@@H](O)CC[C@H]3[C@H]12. The third-order valence-electron chi connectivity index (χ3n) is 10.4. The molecule has 3 N–H and O–H groups in total. The fourth-order valence-corrected chi connectivity index (χ4v) is 9.47. The summed E-state index contributed by atoms with van der Waals surface area (Å²) in [6, 6.07) is 6.02. The number of phenolic OH excluding ortho intramolecular Hbond substituents is 1. The van der Waals surface area contributed by atoms with Crippen LogP contribution in [0, 0.1) is 23.2 Å². The van der Waals surface area contributed by atoms with E-state index in [4.69, 9.17) is 0 Å². The van der Waals surface area contributed by atoms with E-state index in [2.05, 4.69) is 24.6 Å². The number of fused-ring (bicyclic) bond motifs is 5. The number of benzene rings is 1. The highest BCUT2D eigenvalue weighted by atomic mass is 32.2. The fourth-order valence-electron chi connectivity index (χ4n) is 8.29. The number of hydrogen-bond donors (Lipinski definition) is 3. The van der Waals surface area contributed by atoms with Crippen molar-refractivity contribution in [3.8, 4) is 5.75 Å². The van der Waals surface area contributed by atoms with Crippen molar-refractivity contribution in [3.05, 3.63) is 29.3 Å². The number of phenols is 1. The second kappa shape index (κ2) is 13.5. The third-order valence-corrected chi connectivity index (χ3v) is 11.9. The van der Waals surface area contributed by atoms with Crippen molar-refractivity contribution in [1.82, 2.24) is 4.72 Å². The number of aliphatic hydroxyl groups is 1. The summed E-state index contributed by atoms with van der Waals surface area (Å²) in [6.45, 7) is 5.10. The molecule has 2 fully saturated rings. The Kier molecular flexibility index (Phi) is 10.6. The first-order valence-electron chi connectivity index (χ1n) is 15.7. The first kappa shape index (κ1) is 29.9. The van der Waals surface area contributed by atoms with E-state index in [0.717, 1.165) is 70.6 Å². The smallest absolute Gasteiger partial charge is 0.211 e. The molecule has 216 valence electrons. The highest BCUT2D eigenvalue weighted by molar-refractivity contribution is 7.89. The van der Waals surface area contributed by atoms with Crippen LogP contribution in [0.25, 0.3) is 0 Å². The van der Waals surface area contributed by atoms with E-state index in [1.165, 1.54) is 43.2 Å². The summed E-state index contributed by atoms with van der Waals surface area (Å²) in [7, 11) is -3.14. The minimum Gasteiger partial charge on any atom is -0.508 e. The molecule has 3 aliphatic carbocycles. The Labute approximate surface area is 232 Å². The fraction of sp³-hybridized carbons (Fsp3) is 0.812. The van der Waals surface area contributed by atoms with Crippen LogP contribution >= 0.6 is 0 Å². The van der Waals surface area contributed by atoms with Crippen LogP contribution in [-0.4, -0.2) is 37.0 Å². The Morgan fingerprint density at radius 2 is 1.71 bits per heavy atom. The van der Waals surface area contributed by atoms with Gasteiger partial charge in [0.2, 0.25) is 10.0 Å². The summed E-state index contributed by atoms with van der Waals surface area (Å²) in [5.74, 6) is 2.99. The maximum Gasteiger partial charge on any atom is 0.211 e. The van der Waals surface area contributed by atoms with Crippen molar-refractivity contribution in [2.45, 2.75) is 129 Å². The molecule has 38 heavy (non-hydrogen) atoms. The van der Waals surface area contributed by atoms with Crippen molar-refractivity contribution in [3.63, 3.8) is 0 Å². The highest BCUT2D eigenvalue weighted by Crippen LogP contribution is 2.62. The Balaban J connectivity index is 1.23. The Bertz CT molecular complexity index is 995. The van der Waals surface area contributed by atoms with E-state index in [9.17, 15) is 18.6 Å². The molecular weight excluding hydrogens is 494 g/mol. The topological polar surface area (TPSA) is 86.6 Å². The van der Waals surface area contributed by atoms with E-state index in [0.29, 0.717) is 36.0 Å². The average molecular weight is 548 g/mol. The number of unbranched alkanes of at least 4 members (excludes halogenated alkanes) is 8. The summed E-state index contributed by atoms with van der Waals surface area (Å²) in [6.07, 6.45) is 17.2. The van der Waals surface area contributed by atoms with E-state index < -0.39 is 10.0 Å². The Morgan fingerprint density at radius 3 is 2.53 bits per heavy atom. The Hall–Kier alpha value is -1.11. The number of aliphatic hydroxyl groups excluding tert-OH is 1. The van der Waals surface area contributed by atoms with Gasteiger partial charge in [-0.25, -0.2) is 13.1 Å². The largest absolute Gasteiger partial charge is 0.508 e. The van der Waals surface area contributed by atoms with Crippen LogP contribution in [0.15, 0.2) is 18.2 Å². The van der Waals surface area contributed by atoms with Gasteiger partial charge in [0.05, 0.1) is 11.9 Å². The normalized spacial score (nSPS) is 30.6. The molecule has 0 spiro atoms. The lowest BCUT2D eigenvalue weighted by Gasteiger charge is -2.53. The van der Waals surface area contributed by atoms with Crippen molar-refractivity contribution in [2.75, 3.05) is 12.3 Å². The second-order valence-corrected chi connectivity index (χ2v) is 14.9. The van der Waals surface area contributed by atoms with Crippen LogP contribution in [0.1, 0.15) is 127 Å². The molecule has 0 aromatic heterocycles. The lowest BCUT2D eigenvalue weighted by molar-refractivity contribution is -0.0396. The zero-order chi connectivity index (χ0) is 27.2. The Morgan fingerprint density at radius 1 is 0.974 bits per heavy atom. The number of hydrogen-bond acceptors (Lipinski definition) is 4. The number of aromatic hydroxyl groups is 1. The predicted molar refractivity (Wildman–Crippen MR) is 156 cm³/mol. The second-order valence-electron chi connectivity index (χ2n) is 13.0. The molecular formula is C32H53NO4S. The van der Waals surface area contributed by atoms with Crippen LogP contribution in [0.4, 0.5) is 0 Å². The van der Waals surface area contributed by atoms with Gasteiger partial charge >= 0.3 is 0 Å². The number of nitrogens with one attached hydrogen (secondary N) is 1. The molecule has 0 unspecified atom stereocenters. The molecule has 2 saturated carbocycles. The van der Waals surface area contributed by atoms with Gasteiger partial charge in [-0.05, 0) is 104 Å². The summed E-state index contributed by atoms with van der Waals surface area (Å²) in [5, 5.41) is 21.0. The standard InChI is InChI=1S/C32H53NO4S/c1-3-4-5-8-11-20-33-38(36,37)21-12-9-6-7-10-13-24-22-25-23-26(34)14-15-27(25)28-18-19-32(2)29(31(24)28)16-17-30(32)35/h14-15,23-24,28-31,33-35H,3-13,16-22H2,1-2H3/t24-,28-,29+,30+,31-,32+/m1/s1. The molecule has 0 heterocycles. The molecule has 3 aliphatic rings. The van der Waals surface area contributed by atoms with Gasteiger partial charge in [0, 0.05) is 6.54 Å². The minimum absolute atomic E-state index is 0.0584. The molecule has 6 atom stereocenters. The van der Waals surface area contributed by atoms with Crippen LogP contribution < -0.4 is 4.72 Å². The maximum absolute atomic E-state index is 12.3. The van der Waals surface area contributed by atoms with Crippen molar-refractivity contribution >= 4 is 10.0 Å². The van der Waals surface area contributed by atoms with Gasteiger partial charge in [-0.2, -0.15) is 0 Å². The first-order chi connectivity index (χ1) is 18.2. The van der Waals surface area contributed by atoms with Gasteiger partial charge in [-0.1, -0.05) is 71.3 Å². The van der Waals surface area contributed by atoms with Gasteiger partial charge in [0.15, 0.2) is 0 Å². The molecule has 0 aliphatic heterocycles. The van der Waals surface area contributed by atoms with Crippen LogP contribution in [0.5, 0.6) is 5.75 Å². The third kappa shape index (κ3) is 7.14. The van der Waals surface area contributed by atoms with E-state index >= 15 is 0 Å². The van der Waals surface area contributed by atoms with Gasteiger partial charge < -0.3 is 10.2 Å². The average Bonchev–Trinajstić information content (AvgIpc) is 3.19. The molecule has 4 rings (SSSR count). The molecule has 0 saturated heterocycles. The summed E-state index contributed by atoms with van der Waals surface area (Å²) in [5.41, 5.74) is 2.84. The zero-order valence-electron chi connectivity index (χ0n) is 24.0. The molecule has 1 aromatic carbocycles. The summed E-state index contributed by atoms with van der Waals surface area (Å²) >= 11 is 0. The van der Waals surface area contributed by atoms with Crippen molar-refractivity contribution in [1.29, 1.82) is 0 Å². The number of sulfonamides is 1. The van der Waals surface area contributed by atoms with Gasteiger partial charge in [-0.15, -0.1) is 0 Å². The van der Waals surface area contributed by atoms with Crippen LogP contribution in [0.3, 0.4) is 0 Å². The molecule has 0 bridgehead atoms. The predicted octanol–water partition coefficient (Wildman–Crippen LogP) is 7.07. The van der Waals surface area contributed by atoms with E-state index in [1.54, 1.807) is 0 Å². The molecule has 5 nitrogen and oxygen atoms in total. The van der Waals surface area contributed by atoms with Crippen LogP contribution in [0.2, 0.25) is 0 Å². The lowest BCUT2D eigenvalue weighted by atomic mass is 9.52. The van der Waals surface area contributed by atoms with Gasteiger partial charge in [-0.3, -0.25) is 0 Å². The van der Waals surface area contributed by atoms with Crippen molar-refractivity contribution < 1.29 is 18.6 Å². The number of rotatable bonds is 15. The first-order valence-corrected chi connectivity index (χ1v) is 17.4. The molecule has 0 amide bonds. The van der Waals surface area contributed by atoms with E-state index in [1.807, 2.05) is 12.1 Å². The molecule has 0 radical (unpaired) electrons. The maximum atomic E-state index is 12.3. The summed E-state index contributed by atoms with van der Waals surface area (Å²) in [4.78, 5) is 0. The molecule has 6 heteroatoms. The van der Waals surface area contributed by atoms with E-state index in [-0.39, 0.29) is 17.3 Å². The highest BCUT2D eigenvalue weighted by Gasteiger charge is 2.56. The summed E-state index contributed by atoms with van der Waals surface area (Å²) < 4.78 is 27.3. The minimum atomic E-state index is -3.14. The van der Waals surface area contributed by atoms with Crippen molar-refractivity contribution in [2.24, 2.45) is 23.2 Å². The van der Waals surface area contributed by atoms with Crippen LogP contribution in [-0.2, 0) is 16.4 Å². The lowest BCUT2D eigenvalue weighted by Crippen LogP contribution is -2.47. The van der Waals surface area contributed by atoms with Gasteiger partial charge in [0.25, 0.3) is 0 Å². The monoisotopic (exact) mass is 547 g/mol. The molecule has 1 aromatic rings. The quantitative estimate of drug-likeness (QED) is 0.205. The van der Waals surface area contributed by atoms with Gasteiger partial charge in [0.1, 0.15) is 5.75 Å². The zero-order valence-corrected chi connectivity index (χ0v) is 24.8.